The van der Waals surface area contributed by atoms with Crippen LogP contribution in [-0.2, 0) is 4.79 Å². The Morgan fingerprint density at radius 1 is 0.868 bits per heavy atom. The quantitative estimate of drug-likeness (QED) is 0.338. The number of aromatic amines is 1. The lowest BCUT2D eigenvalue weighted by atomic mass is 9.49. The van der Waals surface area contributed by atoms with Gasteiger partial charge in [0.15, 0.2) is 0 Å². The van der Waals surface area contributed by atoms with Crippen LogP contribution in [0.1, 0.15) is 81.5 Å². The van der Waals surface area contributed by atoms with Crippen LogP contribution in [0, 0.1) is 29.1 Å². The summed E-state index contributed by atoms with van der Waals surface area (Å²) in [5, 5.41) is 7.57. The van der Waals surface area contributed by atoms with Crippen molar-refractivity contribution in [2.45, 2.75) is 77.2 Å². The summed E-state index contributed by atoms with van der Waals surface area (Å²) in [5.74, 6) is 3.09. The average Bonchev–Trinajstić information content (AvgIpc) is 3.33. The first-order valence-corrected chi connectivity index (χ1v) is 14.8. The summed E-state index contributed by atoms with van der Waals surface area (Å²) < 4.78 is 0. The van der Waals surface area contributed by atoms with E-state index in [0.717, 1.165) is 71.3 Å². The van der Waals surface area contributed by atoms with Gasteiger partial charge in [-0.3, -0.25) is 9.59 Å². The van der Waals surface area contributed by atoms with Gasteiger partial charge in [-0.05, 0) is 117 Å². The summed E-state index contributed by atoms with van der Waals surface area (Å²) in [6, 6.07) is 16.4. The zero-order valence-corrected chi connectivity index (χ0v) is 22.4. The fourth-order valence-electron chi connectivity index (χ4n) is 8.60. The molecule has 1 heterocycles. The first-order valence-electron chi connectivity index (χ1n) is 14.8. The van der Waals surface area contributed by atoms with Gasteiger partial charge >= 0.3 is 0 Å². The van der Waals surface area contributed by atoms with Crippen LogP contribution in [0.4, 0.5) is 5.69 Å². The van der Waals surface area contributed by atoms with E-state index in [1.54, 1.807) is 0 Å². The number of benzene rings is 2. The number of carbonyl (C=O) groups excluding carboxylic acids is 2. The minimum atomic E-state index is -0.135. The minimum absolute atomic E-state index is 0.0208. The number of amides is 2. The average molecular weight is 510 g/mol. The van der Waals surface area contributed by atoms with Crippen LogP contribution in [0.2, 0.25) is 0 Å². The Kier molecular flexibility index (Phi) is 5.86. The van der Waals surface area contributed by atoms with Crippen molar-refractivity contribution < 1.29 is 9.59 Å². The van der Waals surface area contributed by atoms with Gasteiger partial charge < -0.3 is 15.6 Å². The molecule has 0 spiro atoms. The Morgan fingerprint density at radius 2 is 1.55 bits per heavy atom. The van der Waals surface area contributed by atoms with E-state index < -0.39 is 0 Å². The van der Waals surface area contributed by atoms with Gasteiger partial charge in [0.1, 0.15) is 0 Å². The Balaban J connectivity index is 1.04. The summed E-state index contributed by atoms with van der Waals surface area (Å²) in [4.78, 5) is 29.9. The number of carbonyl (C=O) groups is 2. The van der Waals surface area contributed by atoms with Gasteiger partial charge in [0.25, 0.3) is 5.91 Å². The molecule has 38 heavy (non-hydrogen) atoms. The molecule has 3 aromatic rings. The van der Waals surface area contributed by atoms with Crippen molar-refractivity contribution in [3.8, 4) is 11.3 Å². The number of aromatic nitrogens is 1. The summed E-state index contributed by atoms with van der Waals surface area (Å²) in [6.07, 6.45) is 12.0. The molecule has 2 atom stereocenters. The fourth-order valence-corrected chi connectivity index (χ4v) is 8.60. The summed E-state index contributed by atoms with van der Waals surface area (Å²) >= 11 is 0. The molecule has 0 saturated heterocycles. The van der Waals surface area contributed by atoms with Crippen molar-refractivity contribution in [2.24, 2.45) is 29.1 Å². The van der Waals surface area contributed by atoms with Gasteiger partial charge in [-0.25, -0.2) is 0 Å². The van der Waals surface area contributed by atoms with Crippen LogP contribution in [0.25, 0.3) is 22.2 Å². The van der Waals surface area contributed by atoms with Crippen LogP contribution in [0.15, 0.2) is 48.5 Å². The van der Waals surface area contributed by atoms with E-state index in [9.17, 15) is 9.59 Å². The molecule has 5 nitrogen and oxygen atoms in total. The number of fused-ring (bicyclic) bond motifs is 1. The highest BCUT2D eigenvalue weighted by Gasteiger charge is 2.54. The number of nitrogens with one attached hydrogen (secondary N) is 3. The van der Waals surface area contributed by atoms with Crippen molar-refractivity contribution in [1.82, 2.24) is 10.3 Å². The Labute approximate surface area is 225 Å². The molecular formula is C33H39N3O2. The number of H-pyrrole nitrogens is 1. The molecule has 2 aromatic carbocycles. The molecule has 1 aromatic heterocycles. The van der Waals surface area contributed by atoms with Gasteiger partial charge in [-0.15, -0.1) is 0 Å². The zero-order chi connectivity index (χ0) is 25.9. The molecule has 8 rings (SSSR count). The van der Waals surface area contributed by atoms with Crippen LogP contribution >= 0.6 is 0 Å². The molecule has 198 valence electrons. The van der Waals surface area contributed by atoms with Crippen LogP contribution in [0.5, 0.6) is 0 Å². The van der Waals surface area contributed by atoms with Crippen LogP contribution < -0.4 is 10.6 Å². The third kappa shape index (κ3) is 4.34. The molecule has 5 aliphatic carbocycles. The van der Waals surface area contributed by atoms with E-state index in [0.29, 0.717) is 11.5 Å². The molecule has 4 bridgehead atoms. The maximum absolute atomic E-state index is 13.4. The molecule has 0 radical (unpaired) electrons. The lowest BCUT2D eigenvalue weighted by Gasteiger charge is -2.55. The molecule has 5 fully saturated rings. The lowest BCUT2D eigenvalue weighted by Crippen LogP contribution is -2.51. The van der Waals surface area contributed by atoms with Gasteiger partial charge in [0.2, 0.25) is 5.91 Å². The van der Waals surface area contributed by atoms with Crippen molar-refractivity contribution in [2.75, 3.05) is 5.32 Å². The van der Waals surface area contributed by atoms with E-state index in [1.807, 2.05) is 30.3 Å². The summed E-state index contributed by atoms with van der Waals surface area (Å²) in [5.41, 5.74) is 4.55. The van der Waals surface area contributed by atoms with Gasteiger partial charge in [-0.1, -0.05) is 31.9 Å². The van der Waals surface area contributed by atoms with E-state index in [2.05, 4.69) is 40.7 Å². The predicted molar refractivity (Wildman–Crippen MR) is 152 cm³/mol. The topological polar surface area (TPSA) is 74.0 Å². The molecule has 0 aliphatic heterocycles. The molecule has 5 heteroatoms. The standard InChI is InChI=1S/C33H39N3O2/c1-20-4-2-3-5-28(20)36-31(37)25-8-11-29-26(15-25)16-30(35-29)24-6-9-27(10-7-24)34-32(38)33-17-21-12-22(18-33)14-23(13-21)19-33/h6-11,15-16,20-23,28,35H,2-5,12-14,17-19H2,1H3,(H,34,38)(H,36,37). The Hall–Kier alpha value is -3.08. The molecular weight excluding hydrogens is 470 g/mol. The summed E-state index contributed by atoms with van der Waals surface area (Å²) in [7, 11) is 0. The Morgan fingerprint density at radius 3 is 2.24 bits per heavy atom. The number of anilines is 1. The smallest absolute Gasteiger partial charge is 0.251 e. The van der Waals surface area contributed by atoms with Gasteiger partial charge in [0, 0.05) is 33.9 Å². The zero-order valence-electron chi connectivity index (χ0n) is 22.4. The minimum Gasteiger partial charge on any atom is -0.355 e. The summed E-state index contributed by atoms with van der Waals surface area (Å²) in [6.45, 7) is 2.24. The largest absolute Gasteiger partial charge is 0.355 e. The highest BCUT2D eigenvalue weighted by atomic mass is 16.2. The fraction of sp³-hybridized carbons (Fsp3) is 0.515. The van der Waals surface area contributed by atoms with Crippen LogP contribution in [0.3, 0.4) is 0 Å². The normalized spacial score (nSPS) is 31.9. The second-order valence-electron chi connectivity index (χ2n) is 13.1. The van der Waals surface area contributed by atoms with E-state index in [4.69, 9.17) is 0 Å². The van der Waals surface area contributed by atoms with E-state index >= 15 is 0 Å². The monoisotopic (exact) mass is 509 g/mol. The number of hydrogen-bond donors (Lipinski definition) is 3. The molecule has 2 unspecified atom stereocenters. The maximum atomic E-state index is 13.4. The highest BCUT2D eigenvalue weighted by molar-refractivity contribution is 5.99. The van der Waals surface area contributed by atoms with Gasteiger partial charge in [0.05, 0.1) is 5.41 Å². The number of hydrogen-bond acceptors (Lipinski definition) is 2. The van der Waals surface area contributed by atoms with Crippen LogP contribution in [-0.4, -0.2) is 22.8 Å². The molecule has 5 aliphatic rings. The van der Waals surface area contributed by atoms with Crippen molar-refractivity contribution >= 4 is 28.4 Å². The van der Waals surface area contributed by atoms with Crippen molar-refractivity contribution in [3.05, 3.63) is 54.1 Å². The third-order valence-electron chi connectivity index (χ3n) is 10.3. The molecule has 3 N–H and O–H groups in total. The Bertz CT molecular complexity index is 1340. The first-order chi connectivity index (χ1) is 18.4. The molecule has 2 amide bonds. The predicted octanol–water partition coefficient (Wildman–Crippen LogP) is 7.30. The first kappa shape index (κ1) is 24.0. The maximum Gasteiger partial charge on any atom is 0.251 e. The number of rotatable bonds is 5. The SMILES string of the molecule is CC1CCCCC1NC(=O)c1ccc2[nH]c(-c3ccc(NC(=O)C45CC6CC(CC(C6)C4)C5)cc3)cc2c1. The van der Waals surface area contributed by atoms with Gasteiger partial charge in [-0.2, -0.15) is 0 Å². The third-order valence-corrected chi connectivity index (χ3v) is 10.3. The van der Waals surface area contributed by atoms with Crippen molar-refractivity contribution in [3.63, 3.8) is 0 Å². The van der Waals surface area contributed by atoms with Crippen molar-refractivity contribution in [1.29, 1.82) is 0 Å². The second-order valence-corrected chi connectivity index (χ2v) is 13.1. The van der Waals surface area contributed by atoms with E-state index in [1.165, 1.54) is 38.5 Å². The lowest BCUT2D eigenvalue weighted by molar-refractivity contribution is -0.140. The van der Waals surface area contributed by atoms with E-state index in [-0.39, 0.29) is 23.3 Å². The highest BCUT2D eigenvalue weighted by Crippen LogP contribution is 2.60. The second kappa shape index (κ2) is 9.29. The molecule has 5 saturated carbocycles.